The molecule has 1 saturated heterocycles. The maximum absolute atomic E-state index is 5.75. The van der Waals surface area contributed by atoms with Crippen molar-refractivity contribution in [1.29, 1.82) is 0 Å². The number of ether oxygens (including phenoxy) is 1. The molecule has 0 radical (unpaired) electrons. The Morgan fingerprint density at radius 1 is 1.26 bits per heavy atom. The lowest BCUT2D eigenvalue weighted by Gasteiger charge is -2.46. The summed E-state index contributed by atoms with van der Waals surface area (Å²) in [5, 5.41) is 3.78. The van der Waals surface area contributed by atoms with Crippen LogP contribution in [0.4, 0.5) is 0 Å². The van der Waals surface area contributed by atoms with Gasteiger partial charge in [-0.05, 0) is 38.0 Å². The van der Waals surface area contributed by atoms with Gasteiger partial charge in [0.25, 0.3) is 0 Å². The second kappa shape index (κ2) is 7.05. The summed E-state index contributed by atoms with van der Waals surface area (Å²) >= 11 is 0. The van der Waals surface area contributed by atoms with Crippen molar-refractivity contribution in [2.75, 3.05) is 26.3 Å². The Morgan fingerprint density at radius 3 is 2.53 bits per heavy atom. The van der Waals surface area contributed by atoms with Gasteiger partial charge in [0.15, 0.2) is 0 Å². The summed E-state index contributed by atoms with van der Waals surface area (Å²) in [6, 6.07) is 1.99. The predicted octanol–water partition coefficient (Wildman–Crippen LogP) is 2.51. The van der Waals surface area contributed by atoms with Crippen molar-refractivity contribution in [3.05, 3.63) is 0 Å². The highest BCUT2D eigenvalue weighted by Gasteiger charge is 2.39. The van der Waals surface area contributed by atoms with Gasteiger partial charge in [-0.15, -0.1) is 0 Å². The molecule has 1 aliphatic carbocycles. The van der Waals surface area contributed by atoms with Gasteiger partial charge in [-0.3, -0.25) is 4.90 Å². The van der Waals surface area contributed by atoms with Crippen molar-refractivity contribution in [3.8, 4) is 0 Å². The molecule has 0 bridgehead atoms. The molecule has 0 aromatic rings. The second-order valence-corrected chi connectivity index (χ2v) is 6.58. The molecule has 19 heavy (non-hydrogen) atoms. The van der Waals surface area contributed by atoms with E-state index in [1.54, 1.807) is 0 Å². The molecule has 2 fully saturated rings. The molecule has 0 aromatic carbocycles. The SMILES string of the molecule is CCOCC(C(C)C)N1CC(C2CC2)NCC1CC. The molecule has 2 aliphatic rings. The lowest BCUT2D eigenvalue weighted by atomic mass is 9.96. The zero-order valence-electron chi connectivity index (χ0n) is 13.2. The third-order valence-electron chi connectivity index (χ3n) is 4.84. The van der Waals surface area contributed by atoms with E-state index in [0.29, 0.717) is 18.0 Å². The van der Waals surface area contributed by atoms with Crippen LogP contribution in [0.3, 0.4) is 0 Å². The molecule has 1 saturated carbocycles. The van der Waals surface area contributed by atoms with Crippen LogP contribution in [0.25, 0.3) is 0 Å². The zero-order chi connectivity index (χ0) is 13.8. The van der Waals surface area contributed by atoms with Gasteiger partial charge in [-0.25, -0.2) is 0 Å². The quantitative estimate of drug-likeness (QED) is 0.768. The summed E-state index contributed by atoms with van der Waals surface area (Å²) in [6.07, 6.45) is 4.10. The van der Waals surface area contributed by atoms with E-state index in [0.717, 1.165) is 31.7 Å². The van der Waals surface area contributed by atoms with Gasteiger partial charge in [0.2, 0.25) is 0 Å². The van der Waals surface area contributed by atoms with E-state index in [1.165, 1.54) is 25.8 Å². The van der Waals surface area contributed by atoms with Gasteiger partial charge in [0.1, 0.15) is 0 Å². The average Bonchev–Trinajstić information content (AvgIpc) is 3.23. The Balaban J connectivity index is 2.00. The minimum absolute atomic E-state index is 0.577. The highest BCUT2D eigenvalue weighted by molar-refractivity contribution is 4.96. The average molecular weight is 268 g/mol. The van der Waals surface area contributed by atoms with Gasteiger partial charge in [0.05, 0.1) is 6.61 Å². The number of hydrogen-bond donors (Lipinski definition) is 1. The monoisotopic (exact) mass is 268 g/mol. The summed E-state index contributed by atoms with van der Waals surface area (Å²) in [6.45, 7) is 13.2. The number of nitrogens with one attached hydrogen (secondary N) is 1. The van der Waals surface area contributed by atoms with Crippen LogP contribution in [-0.2, 0) is 4.74 Å². The first kappa shape index (κ1) is 15.3. The minimum Gasteiger partial charge on any atom is -0.380 e. The minimum atomic E-state index is 0.577. The van der Waals surface area contributed by atoms with Gasteiger partial charge in [-0.2, -0.15) is 0 Å². The van der Waals surface area contributed by atoms with Crippen LogP contribution in [0.1, 0.15) is 47.0 Å². The lowest BCUT2D eigenvalue weighted by molar-refractivity contribution is -0.00225. The van der Waals surface area contributed by atoms with Crippen molar-refractivity contribution in [3.63, 3.8) is 0 Å². The van der Waals surface area contributed by atoms with E-state index in [4.69, 9.17) is 4.74 Å². The first-order valence-electron chi connectivity index (χ1n) is 8.24. The summed E-state index contributed by atoms with van der Waals surface area (Å²) in [4.78, 5) is 2.75. The first-order valence-corrected chi connectivity index (χ1v) is 8.24. The highest BCUT2D eigenvalue weighted by Crippen LogP contribution is 2.35. The third-order valence-corrected chi connectivity index (χ3v) is 4.84. The number of nitrogens with zero attached hydrogens (tertiary/aromatic N) is 1. The van der Waals surface area contributed by atoms with Gasteiger partial charge < -0.3 is 10.1 Å². The van der Waals surface area contributed by atoms with E-state index in [-0.39, 0.29) is 0 Å². The zero-order valence-corrected chi connectivity index (χ0v) is 13.2. The molecule has 1 N–H and O–H groups in total. The summed E-state index contributed by atoms with van der Waals surface area (Å²) < 4.78 is 5.75. The van der Waals surface area contributed by atoms with Crippen LogP contribution in [-0.4, -0.2) is 49.3 Å². The van der Waals surface area contributed by atoms with Crippen LogP contribution in [0.15, 0.2) is 0 Å². The van der Waals surface area contributed by atoms with E-state index < -0.39 is 0 Å². The molecule has 3 unspecified atom stereocenters. The van der Waals surface area contributed by atoms with E-state index in [2.05, 4.69) is 37.9 Å². The molecule has 0 amide bonds. The molecular formula is C16H32N2O. The molecular weight excluding hydrogens is 236 g/mol. The van der Waals surface area contributed by atoms with Crippen molar-refractivity contribution >= 4 is 0 Å². The Bertz CT molecular complexity index is 265. The Labute approximate surface area is 119 Å². The lowest BCUT2D eigenvalue weighted by Crippen LogP contribution is -2.61. The maximum Gasteiger partial charge on any atom is 0.0624 e. The third kappa shape index (κ3) is 3.93. The van der Waals surface area contributed by atoms with Gasteiger partial charge >= 0.3 is 0 Å². The van der Waals surface area contributed by atoms with Crippen molar-refractivity contribution < 1.29 is 4.74 Å². The van der Waals surface area contributed by atoms with Crippen molar-refractivity contribution in [2.24, 2.45) is 11.8 Å². The second-order valence-electron chi connectivity index (χ2n) is 6.58. The molecule has 2 rings (SSSR count). The molecule has 3 nitrogen and oxygen atoms in total. The maximum atomic E-state index is 5.75. The number of rotatable bonds is 7. The van der Waals surface area contributed by atoms with E-state index in [9.17, 15) is 0 Å². The topological polar surface area (TPSA) is 24.5 Å². The fourth-order valence-corrected chi connectivity index (χ4v) is 3.35. The van der Waals surface area contributed by atoms with Crippen LogP contribution in [0, 0.1) is 11.8 Å². The van der Waals surface area contributed by atoms with Crippen molar-refractivity contribution in [1.82, 2.24) is 10.2 Å². The summed E-state index contributed by atoms with van der Waals surface area (Å²) in [7, 11) is 0. The highest BCUT2D eigenvalue weighted by atomic mass is 16.5. The molecule has 112 valence electrons. The van der Waals surface area contributed by atoms with Gasteiger partial charge in [-0.1, -0.05) is 20.8 Å². The number of piperazine rings is 1. The molecule has 1 heterocycles. The van der Waals surface area contributed by atoms with E-state index >= 15 is 0 Å². The van der Waals surface area contributed by atoms with Crippen LogP contribution < -0.4 is 5.32 Å². The normalized spacial score (nSPS) is 30.8. The smallest absolute Gasteiger partial charge is 0.0624 e. The summed E-state index contributed by atoms with van der Waals surface area (Å²) in [5.41, 5.74) is 0. The first-order chi connectivity index (χ1) is 9.17. The summed E-state index contributed by atoms with van der Waals surface area (Å²) in [5.74, 6) is 1.61. The molecule has 3 heteroatoms. The Kier molecular flexibility index (Phi) is 5.67. The fourth-order valence-electron chi connectivity index (χ4n) is 3.35. The van der Waals surface area contributed by atoms with Crippen molar-refractivity contribution in [2.45, 2.75) is 65.1 Å². The Hall–Kier alpha value is -0.120. The molecule has 3 atom stereocenters. The predicted molar refractivity (Wildman–Crippen MR) is 80.4 cm³/mol. The fraction of sp³-hybridized carbons (Fsp3) is 1.00. The standard InChI is InChI=1S/C16H32N2O/c1-5-14-9-17-15(13-7-8-13)10-18(14)16(12(3)4)11-19-6-2/h12-17H,5-11H2,1-4H3. The molecule has 0 aromatic heterocycles. The molecule has 1 aliphatic heterocycles. The van der Waals surface area contributed by atoms with E-state index in [1.807, 2.05) is 0 Å². The number of hydrogen-bond acceptors (Lipinski definition) is 3. The Morgan fingerprint density at radius 2 is 2.00 bits per heavy atom. The van der Waals surface area contributed by atoms with Crippen LogP contribution in [0.2, 0.25) is 0 Å². The van der Waals surface area contributed by atoms with Gasteiger partial charge in [0, 0.05) is 37.8 Å². The molecule has 0 spiro atoms. The van der Waals surface area contributed by atoms with Crippen LogP contribution >= 0.6 is 0 Å². The largest absolute Gasteiger partial charge is 0.380 e. The van der Waals surface area contributed by atoms with Crippen LogP contribution in [0.5, 0.6) is 0 Å².